The van der Waals surface area contributed by atoms with Gasteiger partial charge < -0.3 is 10.1 Å². The molecule has 0 atom stereocenters. The molecule has 0 spiro atoms. The zero-order valence-electron chi connectivity index (χ0n) is 11.0. The molecular weight excluding hydrogens is 236 g/mol. The minimum atomic E-state index is 0.682. The molecule has 0 bridgehead atoms. The molecule has 19 heavy (non-hydrogen) atoms. The number of hydrogen-bond donors (Lipinski definition) is 1. The van der Waals surface area contributed by atoms with Gasteiger partial charge in [0.15, 0.2) is 0 Å². The number of pyridine rings is 1. The van der Waals surface area contributed by atoms with Crippen LogP contribution in [0.2, 0.25) is 0 Å². The van der Waals surface area contributed by atoms with E-state index < -0.39 is 0 Å². The van der Waals surface area contributed by atoms with E-state index >= 15 is 0 Å². The summed E-state index contributed by atoms with van der Waals surface area (Å²) in [5.41, 5.74) is 2.28. The number of nitrogens with zero attached hydrogens (tertiary/aromatic N) is 1. The molecule has 1 aromatic carbocycles. The van der Waals surface area contributed by atoms with Gasteiger partial charge in [-0.3, -0.25) is 0 Å². The highest BCUT2D eigenvalue weighted by atomic mass is 16.5. The molecular formula is C16H18N2O. The van der Waals surface area contributed by atoms with Gasteiger partial charge in [-0.15, -0.1) is 0 Å². The van der Waals surface area contributed by atoms with E-state index in [1.807, 2.05) is 30.3 Å². The fraction of sp³-hybridized carbons (Fsp3) is 0.188. The van der Waals surface area contributed by atoms with Gasteiger partial charge in [0.2, 0.25) is 5.88 Å². The standard InChI is InChI=1S/C16H18N2O/c1-19-16-15(10-6-12-18-16)13-17-11-5-9-14-7-3-2-4-8-14/h2-10,12,17H,11,13H2,1H3. The van der Waals surface area contributed by atoms with Crippen molar-refractivity contribution in [3.63, 3.8) is 0 Å². The van der Waals surface area contributed by atoms with E-state index in [2.05, 4.69) is 34.6 Å². The van der Waals surface area contributed by atoms with Gasteiger partial charge in [0.1, 0.15) is 0 Å². The average molecular weight is 254 g/mol. The van der Waals surface area contributed by atoms with Crippen molar-refractivity contribution in [2.45, 2.75) is 6.54 Å². The summed E-state index contributed by atoms with van der Waals surface area (Å²) in [5.74, 6) is 0.682. The molecule has 2 aromatic rings. The molecule has 0 aliphatic heterocycles. The number of methoxy groups -OCH3 is 1. The van der Waals surface area contributed by atoms with Crippen molar-refractivity contribution in [3.05, 3.63) is 65.9 Å². The second-order valence-electron chi connectivity index (χ2n) is 4.12. The van der Waals surface area contributed by atoms with Crippen LogP contribution in [-0.4, -0.2) is 18.6 Å². The van der Waals surface area contributed by atoms with Crippen LogP contribution in [0.25, 0.3) is 6.08 Å². The highest BCUT2D eigenvalue weighted by Gasteiger charge is 2.00. The summed E-state index contributed by atoms with van der Waals surface area (Å²) in [7, 11) is 1.64. The molecule has 3 heteroatoms. The van der Waals surface area contributed by atoms with E-state index in [9.17, 15) is 0 Å². The average Bonchev–Trinajstić information content (AvgIpc) is 2.48. The summed E-state index contributed by atoms with van der Waals surface area (Å²) in [6, 6.07) is 14.2. The Kier molecular flexibility index (Phi) is 5.14. The summed E-state index contributed by atoms with van der Waals surface area (Å²) in [6.07, 6.45) is 5.95. The minimum Gasteiger partial charge on any atom is -0.481 e. The topological polar surface area (TPSA) is 34.1 Å². The van der Waals surface area contributed by atoms with Crippen molar-refractivity contribution in [1.29, 1.82) is 0 Å². The molecule has 1 aromatic heterocycles. The van der Waals surface area contributed by atoms with Crippen LogP contribution in [0, 0.1) is 0 Å². The Morgan fingerprint density at radius 1 is 1.16 bits per heavy atom. The van der Waals surface area contributed by atoms with Crippen LogP contribution in [0.4, 0.5) is 0 Å². The highest BCUT2D eigenvalue weighted by Crippen LogP contribution is 2.12. The van der Waals surface area contributed by atoms with E-state index in [1.54, 1.807) is 13.3 Å². The molecule has 2 rings (SSSR count). The van der Waals surface area contributed by atoms with Crippen LogP contribution in [0.15, 0.2) is 54.7 Å². The van der Waals surface area contributed by atoms with E-state index in [4.69, 9.17) is 4.74 Å². The highest BCUT2D eigenvalue weighted by molar-refractivity contribution is 5.48. The van der Waals surface area contributed by atoms with Gasteiger partial charge in [-0.2, -0.15) is 0 Å². The molecule has 3 nitrogen and oxygen atoms in total. The van der Waals surface area contributed by atoms with Gasteiger partial charge in [-0.1, -0.05) is 48.6 Å². The smallest absolute Gasteiger partial charge is 0.217 e. The maximum Gasteiger partial charge on any atom is 0.217 e. The number of hydrogen-bond acceptors (Lipinski definition) is 3. The lowest BCUT2D eigenvalue weighted by atomic mass is 10.2. The van der Waals surface area contributed by atoms with Crippen LogP contribution in [0.5, 0.6) is 5.88 Å². The van der Waals surface area contributed by atoms with Gasteiger partial charge >= 0.3 is 0 Å². The first-order valence-electron chi connectivity index (χ1n) is 6.30. The van der Waals surface area contributed by atoms with Crippen molar-refractivity contribution in [3.8, 4) is 5.88 Å². The predicted molar refractivity (Wildman–Crippen MR) is 78.0 cm³/mol. The molecule has 1 N–H and O–H groups in total. The van der Waals surface area contributed by atoms with Gasteiger partial charge in [0.05, 0.1) is 7.11 Å². The Morgan fingerprint density at radius 2 is 2.00 bits per heavy atom. The predicted octanol–water partition coefficient (Wildman–Crippen LogP) is 2.89. The largest absolute Gasteiger partial charge is 0.481 e. The molecule has 1 heterocycles. The number of benzene rings is 1. The molecule has 0 aliphatic rings. The van der Waals surface area contributed by atoms with E-state index in [1.165, 1.54) is 5.56 Å². The quantitative estimate of drug-likeness (QED) is 0.805. The van der Waals surface area contributed by atoms with Crippen molar-refractivity contribution in [2.75, 3.05) is 13.7 Å². The molecule has 0 aliphatic carbocycles. The summed E-state index contributed by atoms with van der Waals surface area (Å²) in [6.45, 7) is 1.56. The Labute approximate surface area is 114 Å². The Hall–Kier alpha value is -2.13. The van der Waals surface area contributed by atoms with Gasteiger partial charge in [0.25, 0.3) is 0 Å². The second-order valence-corrected chi connectivity index (χ2v) is 4.12. The van der Waals surface area contributed by atoms with Crippen molar-refractivity contribution >= 4 is 6.08 Å². The fourth-order valence-corrected chi connectivity index (χ4v) is 1.79. The van der Waals surface area contributed by atoms with Crippen LogP contribution in [0.1, 0.15) is 11.1 Å². The Balaban J connectivity index is 1.79. The number of aromatic nitrogens is 1. The zero-order valence-corrected chi connectivity index (χ0v) is 11.0. The van der Waals surface area contributed by atoms with E-state index in [0.717, 1.165) is 18.7 Å². The second kappa shape index (κ2) is 7.34. The first-order chi connectivity index (χ1) is 9.40. The maximum absolute atomic E-state index is 5.20. The maximum atomic E-state index is 5.20. The van der Waals surface area contributed by atoms with Crippen molar-refractivity contribution in [1.82, 2.24) is 10.3 Å². The fourth-order valence-electron chi connectivity index (χ4n) is 1.79. The first-order valence-corrected chi connectivity index (χ1v) is 6.30. The lowest BCUT2D eigenvalue weighted by molar-refractivity contribution is 0.391. The van der Waals surface area contributed by atoms with Gasteiger partial charge in [-0.05, 0) is 11.6 Å². The molecule has 0 saturated carbocycles. The normalized spacial score (nSPS) is 10.8. The summed E-state index contributed by atoms with van der Waals surface area (Å²) < 4.78 is 5.20. The number of rotatable bonds is 6. The number of nitrogens with one attached hydrogen (secondary N) is 1. The number of ether oxygens (including phenoxy) is 1. The van der Waals surface area contributed by atoms with Crippen LogP contribution in [0.3, 0.4) is 0 Å². The Bertz CT molecular complexity index is 523. The van der Waals surface area contributed by atoms with E-state index in [0.29, 0.717) is 5.88 Å². The molecule has 98 valence electrons. The summed E-state index contributed by atoms with van der Waals surface area (Å²) in [5, 5.41) is 3.34. The molecule has 0 radical (unpaired) electrons. The monoisotopic (exact) mass is 254 g/mol. The van der Waals surface area contributed by atoms with Crippen LogP contribution >= 0.6 is 0 Å². The zero-order chi connectivity index (χ0) is 13.3. The van der Waals surface area contributed by atoms with Gasteiger partial charge in [0, 0.05) is 24.8 Å². The molecule has 0 amide bonds. The van der Waals surface area contributed by atoms with E-state index in [-0.39, 0.29) is 0 Å². The minimum absolute atomic E-state index is 0.682. The van der Waals surface area contributed by atoms with Crippen LogP contribution in [-0.2, 0) is 6.54 Å². The third-order valence-corrected chi connectivity index (χ3v) is 2.73. The molecule has 0 saturated heterocycles. The lowest BCUT2D eigenvalue weighted by Crippen LogP contribution is -2.13. The van der Waals surface area contributed by atoms with Crippen molar-refractivity contribution in [2.24, 2.45) is 0 Å². The Morgan fingerprint density at radius 3 is 2.79 bits per heavy atom. The third-order valence-electron chi connectivity index (χ3n) is 2.73. The van der Waals surface area contributed by atoms with Gasteiger partial charge in [-0.25, -0.2) is 4.98 Å². The SMILES string of the molecule is COc1ncccc1CNCC=Cc1ccccc1. The summed E-state index contributed by atoms with van der Waals surface area (Å²) >= 11 is 0. The molecule has 0 fully saturated rings. The van der Waals surface area contributed by atoms with Crippen LogP contribution < -0.4 is 10.1 Å². The van der Waals surface area contributed by atoms with Crippen molar-refractivity contribution < 1.29 is 4.74 Å². The third kappa shape index (κ3) is 4.23. The molecule has 0 unspecified atom stereocenters. The first kappa shape index (κ1) is 13.3. The lowest BCUT2D eigenvalue weighted by Gasteiger charge is -2.06. The summed E-state index contributed by atoms with van der Waals surface area (Å²) in [4.78, 5) is 4.16.